The summed E-state index contributed by atoms with van der Waals surface area (Å²) in [6.45, 7) is 1.35. The van der Waals surface area contributed by atoms with Crippen molar-refractivity contribution in [3.05, 3.63) is 17.0 Å². The lowest BCUT2D eigenvalue weighted by Crippen LogP contribution is -2.26. The summed E-state index contributed by atoms with van der Waals surface area (Å²) >= 11 is 0. The maximum atomic E-state index is 11.8. The molecule has 0 aromatic carbocycles. The Labute approximate surface area is 94.8 Å². The highest BCUT2D eigenvalue weighted by molar-refractivity contribution is 5.94. The van der Waals surface area contributed by atoms with Crippen molar-refractivity contribution in [3.8, 4) is 0 Å². The number of aromatic nitrogens is 2. The van der Waals surface area contributed by atoms with Crippen LogP contribution in [0.3, 0.4) is 0 Å². The van der Waals surface area contributed by atoms with Gasteiger partial charge in [0.05, 0.1) is 0 Å². The summed E-state index contributed by atoms with van der Waals surface area (Å²) in [6.07, 6.45) is 4.98. The number of carbonyl (C=O) groups excluding carboxylic acids is 1. The Morgan fingerprint density at radius 2 is 2.31 bits per heavy atom. The number of carbonyl (C=O) groups is 1. The van der Waals surface area contributed by atoms with Gasteiger partial charge in [-0.3, -0.25) is 9.89 Å². The zero-order valence-corrected chi connectivity index (χ0v) is 9.38. The molecular weight excluding hydrogens is 204 g/mol. The maximum Gasteiger partial charge on any atom is 0.272 e. The molecule has 0 spiro atoms. The Hall–Kier alpha value is -1.36. The molecule has 0 radical (unpaired) electrons. The summed E-state index contributed by atoms with van der Waals surface area (Å²) < 4.78 is 0. The molecule has 1 aliphatic rings. The molecule has 5 heteroatoms. The largest absolute Gasteiger partial charge is 0.351 e. The zero-order valence-electron chi connectivity index (χ0n) is 9.38. The number of hydrogen-bond donors (Lipinski definition) is 3. The van der Waals surface area contributed by atoms with Crippen LogP contribution in [-0.4, -0.2) is 29.2 Å². The van der Waals surface area contributed by atoms with Crippen molar-refractivity contribution in [3.63, 3.8) is 0 Å². The average Bonchev–Trinajstić information content (AvgIpc) is 2.85. The first-order valence-corrected chi connectivity index (χ1v) is 5.87. The minimum atomic E-state index is -0.0589. The highest BCUT2D eigenvalue weighted by atomic mass is 16.1. The van der Waals surface area contributed by atoms with Crippen LogP contribution in [-0.2, 0) is 12.8 Å². The Balaban J connectivity index is 1.89. The van der Waals surface area contributed by atoms with Crippen LogP contribution in [0.15, 0.2) is 0 Å². The van der Waals surface area contributed by atoms with E-state index >= 15 is 0 Å². The number of H-pyrrole nitrogens is 1. The molecule has 0 saturated heterocycles. The number of aryl methyl sites for hydroxylation is 1. The van der Waals surface area contributed by atoms with E-state index in [4.69, 9.17) is 5.73 Å². The van der Waals surface area contributed by atoms with E-state index in [0.717, 1.165) is 43.4 Å². The highest BCUT2D eigenvalue weighted by Gasteiger charge is 2.22. The van der Waals surface area contributed by atoms with Crippen LogP contribution in [0.2, 0.25) is 0 Å². The van der Waals surface area contributed by atoms with Crippen molar-refractivity contribution in [2.75, 3.05) is 13.1 Å². The second-order valence-electron chi connectivity index (χ2n) is 4.13. The van der Waals surface area contributed by atoms with Crippen molar-refractivity contribution >= 4 is 5.91 Å². The number of hydrogen-bond acceptors (Lipinski definition) is 3. The zero-order chi connectivity index (χ0) is 11.4. The van der Waals surface area contributed by atoms with Gasteiger partial charge in [0.2, 0.25) is 0 Å². The summed E-state index contributed by atoms with van der Waals surface area (Å²) in [6, 6.07) is 0. The maximum absolute atomic E-state index is 11.8. The average molecular weight is 222 g/mol. The smallest absolute Gasteiger partial charge is 0.272 e. The van der Waals surface area contributed by atoms with Crippen molar-refractivity contribution in [1.82, 2.24) is 15.5 Å². The van der Waals surface area contributed by atoms with Gasteiger partial charge in [-0.05, 0) is 38.6 Å². The van der Waals surface area contributed by atoms with E-state index < -0.39 is 0 Å². The van der Waals surface area contributed by atoms with Gasteiger partial charge in [0, 0.05) is 17.8 Å². The van der Waals surface area contributed by atoms with Gasteiger partial charge < -0.3 is 11.1 Å². The quantitative estimate of drug-likeness (QED) is 0.629. The molecule has 16 heavy (non-hydrogen) atoms. The molecule has 4 N–H and O–H groups in total. The molecule has 1 aromatic heterocycles. The van der Waals surface area contributed by atoms with Crippen LogP contribution >= 0.6 is 0 Å². The molecule has 1 aliphatic carbocycles. The summed E-state index contributed by atoms with van der Waals surface area (Å²) in [4.78, 5) is 11.8. The predicted octanol–water partition coefficient (Wildman–Crippen LogP) is 0.367. The van der Waals surface area contributed by atoms with E-state index in [1.54, 1.807) is 0 Å². The number of aromatic amines is 1. The van der Waals surface area contributed by atoms with Crippen molar-refractivity contribution in [2.24, 2.45) is 5.73 Å². The Morgan fingerprint density at radius 1 is 1.44 bits per heavy atom. The SMILES string of the molecule is NCCCCNC(=O)c1n[nH]c2c1CCC2. The van der Waals surface area contributed by atoms with E-state index in [1.165, 1.54) is 0 Å². The van der Waals surface area contributed by atoms with Crippen molar-refractivity contribution in [2.45, 2.75) is 32.1 Å². The van der Waals surface area contributed by atoms with E-state index in [9.17, 15) is 4.79 Å². The Kier molecular flexibility index (Phi) is 3.56. The van der Waals surface area contributed by atoms with Crippen LogP contribution in [0, 0.1) is 0 Å². The molecule has 1 heterocycles. The summed E-state index contributed by atoms with van der Waals surface area (Å²) in [7, 11) is 0. The predicted molar refractivity (Wildman–Crippen MR) is 61.2 cm³/mol. The standard InChI is InChI=1S/C11H18N4O/c12-6-1-2-7-13-11(16)10-8-4-3-5-9(8)14-15-10/h1-7,12H2,(H,13,16)(H,14,15). The number of nitrogens with zero attached hydrogens (tertiary/aromatic N) is 1. The van der Waals surface area contributed by atoms with Gasteiger partial charge in [0.15, 0.2) is 5.69 Å². The first-order valence-electron chi connectivity index (χ1n) is 5.87. The van der Waals surface area contributed by atoms with Gasteiger partial charge in [0.25, 0.3) is 5.91 Å². The van der Waals surface area contributed by atoms with Crippen LogP contribution < -0.4 is 11.1 Å². The van der Waals surface area contributed by atoms with Crippen LogP contribution in [0.25, 0.3) is 0 Å². The summed E-state index contributed by atoms with van der Waals surface area (Å²) in [5, 5.41) is 9.89. The number of rotatable bonds is 5. The number of amides is 1. The third-order valence-corrected chi connectivity index (χ3v) is 2.94. The molecule has 0 aliphatic heterocycles. The fraction of sp³-hybridized carbons (Fsp3) is 0.636. The number of unbranched alkanes of at least 4 members (excludes halogenated alkanes) is 1. The molecule has 0 unspecified atom stereocenters. The van der Waals surface area contributed by atoms with Crippen molar-refractivity contribution < 1.29 is 4.79 Å². The van der Waals surface area contributed by atoms with Gasteiger partial charge in [0.1, 0.15) is 0 Å². The molecule has 5 nitrogen and oxygen atoms in total. The molecule has 0 atom stereocenters. The molecular formula is C11H18N4O. The second kappa shape index (κ2) is 5.12. The highest BCUT2D eigenvalue weighted by Crippen LogP contribution is 2.22. The Bertz CT molecular complexity index is 372. The molecule has 88 valence electrons. The van der Waals surface area contributed by atoms with Crippen LogP contribution in [0.4, 0.5) is 0 Å². The first-order chi connectivity index (χ1) is 7.83. The minimum Gasteiger partial charge on any atom is -0.351 e. The summed E-state index contributed by atoms with van der Waals surface area (Å²) in [5.41, 5.74) is 8.21. The summed E-state index contributed by atoms with van der Waals surface area (Å²) in [5.74, 6) is -0.0589. The van der Waals surface area contributed by atoms with E-state index in [-0.39, 0.29) is 5.91 Å². The lowest BCUT2D eigenvalue weighted by molar-refractivity contribution is 0.0947. The molecule has 1 aromatic rings. The Morgan fingerprint density at radius 3 is 3.12 bits per heavy atom. The van der Waals surface area contributed by atoms with Crippen LogP contribution in [0.5, 0.6) is 0 Å². The normalized spacial score (nSPS) is 13.8. The number of nitrogens with one attached hydrogen (secondary N) is 2. The lowest BCUT2D eigenvalue weighted by Gasteiger charge is -2.03. The third kappa shape index (κ3) is 2.24. The fourth-order valence-corrected chi connectivity index (χ4v) is 2.06. The van der Waals surface area contributed by atoms with Crippen molar-refractivity contribution in [1.29, 1.82) is 0 Å². The van der Waals surface area contributed by atoms with Gasteiger partial charge >= 0.3 is 0 Å². The monoisotopic (exact) mass is 222 g/mol. The van der Waals surface area contributed by atoms with Gasteiger partial charge in [-0.2, -0.15) is 5.10 Å². The molecule has 0 saturated carbocycles. The van der Waals surface area contributed by atoms with E-state index in [1.807, 2.05) is 0 Å². The topological polar surface area (TPSA) is 83.8 Å². The fourth-order valence-electron chi connectivity index (χ4n) is 2.06. The van der Waals surface area contributed by atoms with E-state index in [2.05, 4.69) is 15.5 Å². The second-order valence-corrected chi connectivity index (χ2v) is 4.13. The van der Waals surface area contributed by atoms with Crippen LogP contribution in [0.1, 0.15) is 41.0 Å². The number of fused-ring (bicyclic) bond motifs is 1. The van der Waals surface area contributed by atoms with Gasteiger partial charge in [-0.25, -0.2) is 0 Å². The van der Waals surface area contributed by atoms with E-state index in [0.29, 0.717) is 18.8 Å². The molecule has 0 fully saturated rings. The third-order valence-electron chi connectivity index (χ3n) is 2.94. The molecule has 1 amide bonds. The molecule has 2 rings (SSSR count). The molecule has 0 bridgehead atoms. The van der Waals surface area contributed by atoms with Gasteiger partial charge in [-0.1, -0.05) is 0 Å². The first kappa shape index (κ1) is 11.1. The van der Waals surface area contributed by atoms with Gasteiger partial charge in [-0.15, -0.1) is 0 Å². The minimum absolute atomic E-state index is 0.0589. The lowest BCUT2D eigenvalue weighted by atomic mass is 10.2. The number of nitrogens with two attached hydrogens (primary N) is 1.